The Kier molecular flexibility index (Phi) is 6.36. The molecule has 6 heteroatoms. The van der Waals surface area contributed by atoms with Crippen molar-refractivity contribution in [3.05, 3.63) is 52.9 Å². The third-order valence-corrected chi connectivity index (χ3v) is 3.91. The van der Waals surface area contributed by atoms with Crippen LogP contribution in [0.4, 0.5) is 0 Å². The van der Waals surface area contributed by atoms with Gasteiger partial charge < -0.3 is 15.6 Å². The summed E-state index contributed by atoms with van der Waals surface area (Å²) in [5.74, 6) is 0.593. The van der Waals surface area contributed by atoms with Gasteiger partial charge in [0.25, 0.3) is 0 Å². The van der Waals surface area contributed by atoms with E-state index in [0.717, 1.165) is 22.6 Å². The van der Waals surface area contributed by atoms with Gasteiger partial charge in [0, 0.05) is 11.6 Å². The van der Waals surface area contributed by atoms with Crippen molar-refractivity contribution in [2.24, 2.45) is 5.73 Å². The van der Waals surface area contributed by atoms with Crippen LogP contribution in [0.25, 0.3) is 0 Å². The Morgan fingerprint density at radius 3 is 2.48 bits per heavy atom. The number of rotatable bonds is 5. The number of aromatic nitrogens is 1. The Morgan fingerprint density at radius 1 is 1.35 bits per heavy atom. The van der Waals surface area contributed by atoms with E-state index in [0.29, 0.717) is 6.42 Å². The van der Waals surface area contributed by atoms with Gasteiger partial charge in [0.15, 0.2) is 0 Å². The first-order valence-corrected chi connectivity index (χ1v) is 7.39. The minimum absolute atomic E-state index is 0. The molecule has 0 radical (unpaired) electrons. The number of carbonyl (C=O) groups excluding carboxylic acids is 1. The first-order valence-electron chi connectivity index (χ1n) is 7.39. The average Bonchev–Trinajstić information content (AvgIpc) is 2.80. The minimum Gasteiger partial charge on any atom is -0.361 e. The summed E-state index contributed by atoms with van der Waals surface area (Å²) in [4.78, 5) is 12.5. The van der Waals surface area contributed by atoms with E-state index in [4.69, 9.17) is 10.3 Å². The highest BCUT2D eigenvalue weighted by Gasteiger charge is 2.31. The highest BCUT2D eigenvalue weighted by Crippen LogP contribution is 2.19. The number of benzene rings is 1. The first kappa shape index (κ1) is 19.2. The summed E-state index contributed by atoms with van der Waals surface area (Å²) in [7, 11) is 0. The Hall–Kier alpha value is -1.85. The Balaban J connectivity index is 0.00000264. The van der Waals surface area contributed by atoms with Crippen molar-refractivity contribution in [1.29, 1.82) is 0 Å². The van der Waals surface area contributed by atoms with Crippen LogP contribution in [0.15, 0.2) is 34.9 Å². The molecule has 2 unspecified atom stereocenters. The quantitative estimate of drug-likeness (QED) is 0.878. The molecule has 0 bridgehead atoms. The van der Waals surface area contributed by atoms with Gasteiger partial charge in [0.1, 0.15) is 11.3 Å². The van der Waals surface area contributed by atoms with E-state index in [9.17, 15) is 4.79 Å². The molecular weight excluding hydrogens is 314 g/mol. The summed E-state index contributed by atoms with van der Waals surface area (Å²) < 4.78 is 5.15. The summed E-state index contributed by atoms with van der Waals surface area (Å²) in [5, 5.41) is 6.91. The molecule has 1 heterocycles. The number of halogens is 1. The largest absolute Gasteiger partial charge is 0.361 e. The Bertz CT molecular complexity index is 634. The lowest BCUT2D eigenvalue weighted by atomic mass is 9.91. The molecule has 1 amide bonds. The number of amides is 1. The molecule has 2 atom stereocenters. The monoisotopic (exact) mass is 337 g/mol. The van der Waals surface area contributed by atoms with Crippen LogP contribution in [0.5, 0.6) is 0 Å². The molecule has 0 saturated heterocycles. The molecule has 1 aromatic heterocycles. The second-order valence-corrected chi connectivity index (χ2v) is 5.95. The van der Waals surface area contributed by atoms with Crippen LogP contribution >= 0.6 is 12.4 Å². The van der Waals surface area contributed by atoms with E-state index in [1.165, 1.54) is 0 Å². The maximum Gasteiger partial charge on any atom is 0.244 e. The summed E-state index contributed by atoms with van der Waals surface area (Å²) in [6.45, 7) is 7.45. The lowest BCUT2D eigenvalue weighted by Gasteiger charge is -2.26. The van der Waals surface area contributed by atoms with E-state index in [2.05, 4.69) is 10.5 Å². The van der Waals surface area contributed by atoms with Crippen LogP contribution < -0.4 is 11.1 Å². The standard InChI is InChI=1S/C17H23N3O2.ClH/c1-11(10-15-12(2)20-22-13(15)3)19-16(21)17(4,18)14-8-6-5-7-9-14;/h5-9,11H,10,18H2,1-4H3,(H,19,21);1H. The van der Waals surface area contributed by atoms with Crippen molar-refractivity contribution in [3.63, 3.8) is 0 Å². The van der Waals surface area contributed by atoms with Gasteiger partial charge in [-0.3, -0.25) is 4.79 Å². The minimum atomic E-state index is -1.06. The second kappa shape index (κ2) is 7.62. The van der Waals surface area contributed by atoms with Crippen LogP contribution in [-0.2, 0) is 16.8 Å². The molecule has 23 heavy (non-hydrogen) atoms. The zero-order valence-corrected chi connectivity index (χ0v) is 14.7. The summed E-state index contributed by atoms with van der Waals surface area (Å²) in [5.41, 5.74) is 7.84. The molecule has 126 valence electrons. The van der Waals surface area contributed by atoms with Gasteiger partial charge in [-0.15, -0.1) is 12.4 Å². The molecule has 0 aliphatic rings. The van der Waals surface area contributed by atoms with E-state index in [-0.39, 0.29) is 24.4 Å². The fourth-order valence-corrected chi connectivity index (χ4v) is 2.44. The third-order valence-electron chi connectivity index (χ3n) is 3.91. The fourth-order valence-electron chi connectivity index (χ4n) is 2.44. The van der Waals surface area contributed by atoms with E-state index in [1.807, 2.05) is 51.1 Å². The molecular formula is C17H24ClN3O2. The van der Waals surface area contributed by atoms with Gasteiger partial charge in [0.05, 0.1) is 5.69 Å². The zero-order chi connectivity index (χ0) is 16.3. The summed E-state index contributed by atoms with van der Waals surface area (Å²) in [6, 6.07) is 9.31. The fraction of sp³-hybridized carbons (Fsp3) is 0.412. The molecule has 0 aliphatic carbocycles. The van der Waals surface area contributed by atoms with Gasteiger partial charge >= 0.3 is 0 Å². The van der Waals surface area contributed by atoms with Crippen molar-refractivity contribution in [2.45, 2.75) is 45.7 Å². The SMILES string of the molecule is Cc1noc(C)c1CC(C)NC(=O)C(C)(N)c1ccccc1.Cl. The number of aryl methyl sites for hydroxylation is 2. The van der Waals surface area contributed by atoms with Crippen LogP contribution in [0.3, 0.4) is 0 Å². The van der Waals surface area contributed by atoms with Crippen molar-refractivity contribution in [3.8, 4) is 0 Å². The van der Waals surface area contributed by atoms with Crippen LogP contribution in [-0.4, -0.2) is 17.1 Å². The maximum absolute atomic E-state index is 12.5. The molecule has 5 nitrogen and oxygen atoms in total. The summed E-state index contributed by atoms with van der Waals surface area (Å²) >= 11 is 0. The van der Waals surface area contributed by atoms with Crippen molar-refractivity contribution in [1.82, 2.24) is 10.5 Å². The highest BCUT2D eigenvalue weighted by atomic mass is 35.5. The number of nitrogens with two attached hydrogens (primary N) is 1. The molecule has 0 aliphatic heterocycles. The second-order valence-electron chi connectivity index (χ2n) is 5.95. The predicted molar refractivity (Wildman–Crippen MR) is 92.5 cm³/mol. The lowest BCUT2D eigenvalue weighted by Crippen LogP contribution is -2.51. The van der Waals surface area contributed by atoms with Crippen molar-refractivity contribution < 1.29 is 9.32 Å². The molecule has 2 aromatic rings. The van der Waals surface area contributed by atoms with Crippen LogP contribution in [0, 0.1) is 13.8 Å². The van der Waals surface area contributed by atoms with Gasteiger partial charge in [-0.25, -0.2) is 0 Å². The number of nitrogens with one attached hydrogen (secondary N) is 1. The van der Waals surface area contributed by atoms with Crippen LogP contribution in [0.1, 0.15) is 36.4 Å². The molecule has 2 rings (SSSR count). The topological polar surface area (TPSA) is 81.2 Å². The van der Waals surface area contributed by atoms with E-state index in [1.54, 1.807) is 6.92 Å². The van der Waals surface area contributed by atoms with Gasteiger partial charge in [-0.05, 0) is 39.7 Å². The Morgan fingerprint density at radius 2 is 1.96 bits per heavy atom. The van der Waals surface area contributed by atoms with Gasteiger partial charge in [0.2, 0.25) is 5.91 Å². The lowest BCUT2D eigenvalue weighted by molar-refractivity contribution is -0.126. The Labute approximate surface area is 143 Å². The normalized spacial score (nSPS) is 14.5. The van der Waals surface area contributed by atoms with Crippen molar-refractivity contribution in [2.75, 3.05) is 0 Å². The zero-order valence-electron chi connectivity index (χ0n) is 13.9. The molecule has 0 spiro atoms. The van der Waals surface area contributed by atoms with Crippen molar-refractivity contribution >= 4 is 18.3 Å². The molecule has 0 fully saturated rings. The number of hydrogen-bond donors (Lipinski definition) is 2. The molecule has 3 N–H and O–H groups in total. The molecule has 0 saturated carbocycles. The number of nitrogens with zero attached hydrogens (tertiary/aromatic N) is 1. The smallest absolute Gasteiger partial charge is 0.244 e. The van der Waals surface area contributed by atoms with E-state index >= 15 is 0 Å². The predicted octanol–water partition coefficient (Wildman–Crippen LogP) is 2.63. The average molecular weight is 338 g/mol. The third kappa shape index (κ3) is 4.33. The maximum atomic E-state index is 12.5. The van der Waals surface area contributed by atoms with Gasteiger partial charge in [-0.1, -0.05) is 35.5 Å². The molecule has 1 aromatic carbocycles. The number of hydrogen-bond acceptors (Lipinski definition) is 4. The van der Waals surface area contributed by atoms with Gasteiger partial charge in [-0.2, -0.15) is 0 Å². The summed E-state index contributed by atoms with van der Waals surface area (Å²) in [6.07, 6.45) is 0.664. The van der Waals surface area contributed by atoms with Crippen LogP contribution in [0.2, 0.25) is 0 Å². The first-order chi connectivity index (χ1) is 10.3. The highest BCUT2D eigenvalue weighted by molar-refractivity contribution is 5.87. The number of carbonyl (C=O) groups is 1. The van der Waals surface area contributed by atoms with E-state index < -0.39 is 5.54 Å².